The average Bonchev–Trinajstić information content (AvgIpc) is 0. The molecule has 0 aromatic carbocycles. The van der Waals surface area contributed by atoms with Crippen molar-refractivity contribution in [3.8, 4) is 0 Å². The Bertz CT molecular complexity index is 8.00. The molecule has 0 unspecified atom stereocenters. The Morgan fingerprint density at radius 1 is 1.00 bits per heavy atom. The van der Waals surface area contributed by atoms with Gasteiger partial charge in [0.25, 0.3) is 0 Å². The van der Waals surface area contributed by atoms with Crippen LogP contribution in [-0.4, -0.2) is 60.2 Å². The summed E-state index contributed by atoms with van der Waals surface area (Å²) in [7, 11) is 0. The first-order valence-corrected chi connectivity index (χ1v) is 0. The molecule has 0 saturated carbocycles. The average molecular weight is 334 g/mol. The maximum absolute atomic E-state index is 0. The zero-order chi connectivity index (χ0) is 0. The van der Waals surface area contributed by atoms with Crippen LogP contribution in [-0.2, 0) is 17.1 Å². The van der Waals surface area contributed by atoms with E-state index in [1.807, 2.05) is 0 Å². The molecule has 0 aliphatic carbocycles. The summed E-state index contributed by atoms with van der Waals surface area (Å²) in [5, 5.41) is 0. The molecule has 31 valence electrons. The minimum absolute atomic E-state index is 0. The predicted molar refractivity (Wildman–Crippen MR) is 29.8 cm³/mol. The van der Waals surface area contributed by atoms with E-state index in [9.17, 15) is 0 Å². The summed E-state index contributed by atoms with van der Waals surface area (Å²) in [6.45, 7) is 0. The fourth-order valence-electron chi connectivity index (χ4n) is 0. The van der Waals surface area contributed by atoms with Crippen molar-refractivity contribution >= 4 is 60.2 Å². The van der Waals surface area contributed by atoms with Gasteiger partial charge in [0.15, 0.2) is 0 Å². The first-order chi connectivity index (χ1) is 0. The molecule has 1 radical (unpaired) electrons. The molecular formula is H9BiCuMgSi. The molecule has 4 heavy (non-hydrogen) atoms. The van der Waals surface area contributed by atoms with Gasteiger partial charge in [0.05, 0.1) is 0 Å². The van der Waals surface area contributed by atoms with E-state index in [1.165, 1.54) is 0 Å². The fraction of sp³-hybridized carbons (Fsp3) is 0. The monoisotopic (exact) mass is 333 g/mol. The Balaban J connectivity index is 0. The van der Waals surface area contributed by atoms with Gasteiger partial charge in [-0.3, -0.25) is 0 Å². The topological polar surface area (TPSA) is 0 Å². The molecule has 0 fully saturated rings. The van der Waals surface area contributed by atoms with Crippen molar-refractivity contribution in [1.29, 1.82) is 0 Å². The summed E-state index contributed by atoms with van der Waals surface area (Å²) in [6, 6.07) is 0. The van der Waals surface area contributed by atoms with E-state index in [1.54, 1.807) is 0 Å². The molecule has 0 aromatic heterocycles. The summed E-state index contributed by atoms with van der Waals surface area (Å²) in [5.74, 6) is 0. The molecule has 0 nitrogen and oxygen atoms in total. The van der Waals surface area contributed by atoms with Crippen molar-refractivity contribution in [2.24, 2.45) is 0 Å². The molecule has 0 rings (SSSR count). The second-order valence-corrected chi connectivity index (χ2v) is 0. The van der Waals surface area contributed by atoms with Crippen LogP contribution in [0.3, 0.4) is 0 Å². The molecule has 0 heterocycles. The third kappa shape index (κ3) is 8.83. The van der Waals surface area contributed by atoms with E-state index in [0.717, 1.165) is 0 Å². The first kappa shape index (κ1) is 32.5. The minimum Gasteiger partial charge on any atom is -0.0149 e. The summed E-state index contributed by atoms with van der Waals surface area (Å²) in [6.07, 6.45) is 0. The summed E-state index contributed by atoms with van der Waals surface area (Å²) in [5.41, 5.74) is 0. The summed E-state index contributed by atoms with van der Waals surface area (Å²) >= 11 is 0. The number of hydrogen-bond acceptors (Lipinski definition) is 0. The van der Waals surface area contributed by atoms with Crippen LogP contribution in [0, 0.1) is 0 Å². The van der Waals surface area contributed by atoms with Gasteiger partial charge >= 0.3 is 49.3 Å². The van der Waals surface area contributed by atoms with E-state index >= 15 is 0 Å². The van der Waals surface area contributed by atoms with E-state index in [-0.39, 0.29) is 77.3 Å². The molecule has 0 atom stereocenters. The van der Waals surface area contributed by atoms with Crippen molar-refractivity contribution in [3.05, 3.63) is 0 Å². The minimum atomic E-state index is 0. The Morgan fingerprint density at radius 3 is 1.00 bits per heavy atom. The molecule has 0 aliphatic heterocycles. The van der Waals surface area contributed by atoms with Crippen molar-refractivity contribution < 1.29 is 17.1 Å². The van der Waals surface area contributed by atoms with Crippen LogP contribution in [0.4, 0.5) is 0 Å². The van der Waals surface area contributed by atoms with Gasteiger partial charge in [0.1, 0.15) is 0 Å². The maximum atomic E-state index is 0. The third-order valence-electron chi connectivity index (χ3n) is 0. The molecule has 4 heteroatoms. The molecule has 0 spiro atoms. The van der Waals surface area contributed by atoms with Crippen LogP contribution in [0.15, 0.2) is 0 Å². The fourth-order valence-corrected chi connectivity index (χ4v) is 0. The largest absolute Gasteiger partial charge is 0.316 e. The van der Waals surface area contributed by atoms with Crippen molar-refractivity contribution in [2.45, 2.75) is 0 Å². The third-order valence-corrected chi connectivity index (χ3v) is 0. The summed E-state index contributed by atoms with van der Waals surface area (Å²) < 4.78 is 0. The molecular weight excluding hydrogens is 325 g/mol. The van der Waals surface area contributed by atoms with Gasteiger partial charge in [-0.05, 0) is 11.0 Å². The standard InChI is InChI=1S/Bi.Cu.Mg.H4Si.5H/h;;;1H4;;;;;. The normalized spacial score (nSPS) is 0. The van der Waals surface area contributed by atoms with Gasteiger partial charge in [-0.2, -0.15) is 0 Å². The van der Waals surface area contributed by atoms with E-state index in [4.69, 9.17) is 0 Å². The van der Waals surface area contributed by atoms with E-state index < -0.39 is 0 Å². The zero-order valence-corrected chi connectivity index (χ0v) is 7.45. The van der Waals surface area contributed by atoms with Crippen LogP contribution in [0.1, 0.15) is 0 Å². The van der Waals surface area contributed by atoms with Gasteiger partial charge in [-0.25, -0.2) is 0 Å². The summed E-state index contributed by atoms with van der Waals surface area (Å²) in [4.78, 5) is 0. The van der Waals surface area contributed by atoms with Crippen molar-refractivity contribution in [3.63, 3.8) is 0 Å². The van der Waals surface area contributed by atoms with Crippen LogP contribution < -0.4 is 0 Å². The Kier molecular flexibility index (Phi) is 148. The molecule has 0 saturated heterocycles. The van der Waals surface area contributed by atoms with Crippen molar-refractivity contribution in [2.75, 3.05) is 0 Å². The Hall–Kier alpha value is 2.39. The van der Waals surface area contributed by atoms with Crippen LogP contribution in [0.5, 0.6) is 0 Å². The van der Waals surface area contributed by atoms with E-state index in [0.29, 0.717) is 0 Å². The SMILES string of the molecule is [BiH3].[Cu].[MgH2].[SiH4]. The van der Waals surface area contributed by atoms with Gasteiger partial charge in [-0.1, -0.05) is 0 Å². The van der Waals surface area contributed by atoms with E-state index in [2.05, 4.69) is 0 Å². The van der Waals surface area contributed by atoms with Gasteiger partial charge < -0.3 is 0 Å². The first-order valence-electron chi connectivity index (χ1n) is 0. The van der Waals surface area contributed by atoms with Crippen LogP contribution >= 0.6 is 0 Å². The van der Waals surface area contributed by atoms with Gasteiger partial charge in [0, 0.05) is 17.1 Å². The molecule has 0 bridgehead atoms. The number of rotatable bonds is 0. The molecule has 0 amide bonds. The quantitative estimate of drug-likeness (QED) is 0.403. The van der Waals surface area contributed by atoms with Gasteiger partial charge in [-0.15, -0.1) is 0 Å². The smallest absolute Gasteiger partial charge is 0.0149 e. The maximum Gasteiger partial charge on any atom is 0.316 e. The number of hydrogen-bond donors (Lipinski definition) is 0. The zero-order valence-electron chi connectivity index (χ0n) is 1.01. The van der Waals surface area contributed by atoms with Crippen LogP contribution in [0.2, 0.25) is 0 Å². The van der Waals surface area contributed by atoms with Crippen LogP contribution in [0.25, 0.3) is 0 Å². The molecule has 0 aliphatic rings. The Labute approximate surface area is 76.3 Å². The molecule has 0 N–H and O–H groups in total. The van der Waals surface area contributed by atoms with Gasteiger partial charge in [0.2, 0.25) is 0 Å². The second kappa shape index (κ2) is 18.2. The van der Waals surface area contributed by atoms with Crippen molar-refractivity contribution in [1.82, 2.24) is 0 Å². The second-order valence-electron chi connectivity index (χ2n) is 0. The predicted octanol–water partition coefficient (Wildman–Crippen LogP) is -3.55. The Morgan fingerprint density at radius 2 is 1.00 bits per heavy atom. The molecule has 0 aromatic rings.